The number of carboxylic acid groups (broad SMARTS) is 5. The average Bonchev–Trinajstić information content (AvgIpc) is 1.62. The minimum atomic E-state index is -4.51. The van der Waals surface area contributed by atoms with E-state index in [1.807, 2.05) is 94.8 Å². The average molecular weight is 1920 g/mol. The van der Waals surface area contributed by atoms with E-state index in [0.29, 0.717) is 71.1 Å². The molecule has 25 nitrogen and oxygen atoms in total. The second-order valence-corrected chi connectivity index (χ2v) is 29.4. The number of benzene rings is 11. The monoisotopic (exact) mass is 1920 g/mol. The van der Waals surface area contributed by atoms with E-state index < -0.39 is 71.1 Å². The van der Waals surface area contributed by atoms with E-state index in [0.717, 1.165) is 51.8 Å². The Hall–Kier alpha value is -12.9. The number of nitrogens with zero attached hydrogens (tertiary/aromatic N) is 1. The number of fused-ring (bicyclic) bond motifs is 1. The molecule has 13 aromatic rings. The summed E-state index contributed by atoms with van der Waals surface area (Å²) in [7, 11) is 0. The molecule has 0 spiro atoms. The molecule has 3 heterocycles. The quantitative estimate of drug-likeness (QED) is 0.0170. The van der Waals surface area contributed by atoms with Gasteiger partial charge in [0, 0.05) is 51.3 Å². The predicted molar refractivity (Wildman–Crippen MR) is 508 cm³/mol. The maximum atomic E-state index is 12.9. The van der Waals surface area contributed by atoms with Crippen LogP contribution in [0, 0.1) is 41.5 Å². The van der Waals surface area contributed by atoms with Gasteiger partial charge in [0.2, 0.25) is 0 Å². The van der Waals surface area contributed by atoms with Crippen LogP contribution >= 0.6 is 58.0 Å². The molecular formula is C96H94Cl5F3N8NaO17S-. The zero-order valence-corrected chi connectivity index (χ0v) is 74.1. The third kappa shape index (κ3) is 31.2. The number of para-hydroxylation sites is 4. The number of hydrogen-bond donors (Lipinski definition) is 11. The van der Waals surface area contributed by atoms with Crippen LogP contribution in [0.3, 0.4) is 0 Å². The second kappa shape index (κ2) is 52.7. The first-order valence-electron chi connectivity index (χ1n) is 37.0. The molecule has 2 unspecified atom stereocenters. The van der Waals surface area contributed by atoms with E-state index in [2.05, 4.69) is 36.9 Å². The second-order valence-electron chi connectivity index (χ2n) is 26.8. The van der Waals surface area contributed by atoms with Gasteiger partial charge < -0.3 is 85.4 Å². The van der Waals surface area contributed by atoms with Gasteiger partial charge in [-0.3, -0.25) is 4.21 Å². The topological polar surface area (TPSA) is 392 Å². The summed E-state index contributed by atoms with van der Waals surface area (Å²) in [6.07, 6.45) is -2.86. The summed E-state index contributed by atoms with van der Waals surface area (Å²) in [5.41, 5.74) is 12.0. The van der Waals surface area contributed by atoms with Crippen molar-refractivity contribution in [2.75, 3.05) is 36.6 Å². The Bertz CT molecular complexity index is 5960. The first-order valence-corrected chi connectivity index (χ1v) is 39.9. The molecule has 0 amide bonds. The van der Waals surface area contributed by atoms with Crippen LogP contribution < -0.4 is 71.3 Å². The number of carbonyl (C=O) groups is 7. The zero-order valence-electron chi connectivity index (χ0n) is 67.5. The maximum Gasteiger partial charge on any atom is 1.00 e. The Morgan fingerprint density at radius 3 is 1.36 bits per heavy atom. The van der Waals surface area contributed by atoms with E-state index in [1.54, 1.807) is 133 Å². The Morgan fingerprint density at radius 1 is 0.466 bits per heavy atom. The van der Waals surface area contributed by atoms with Crippen molar-refractivity contribution >= 4 is 179 Å². The van der Waals surface area contributed by atoms with Crippen molar-refractivity contribution in [1.29, 1.82) is 0 Å². The van der Waals surface area contributed by atoms with Gasteiger partial charge in [-0.25, -0.2) is 33.8 Å². The van der Waals surface area contributed by atoms with Crippen LogP contribution in [0.5, 0.6) is 0 Å². The van der Waals surface area contributed by atoms with E-state index in [9.17, 15) is 65.7 Å². The molecule has 0 saturated carbocycles. The number of rotatable bonds is 22. The standard InChI is InChI=1S/C21H13F3N2O4.2C15H15NO2.2C14H11Cl2NO2.C12H11ClN2O5S.5CH4.Na/c22-21(23,24)12-5-3-6-13(11-12)26-17-16(9-4-10-25-17)19(28)30-20-15-8-2-1-7-14(15)18(27)29-20;2*1-10-6-5-9-13(11(10)2)16-14-8-4-3-7-12(14)15(17)18;2*1-8-6-7-10(15)13(12(8)16)17-11-5-3-2-4-9(11)14(18)19;13-9-5-10(14-6-7-2-1-3-20-7)8(12(16)17)4-11(9)15-21(18)19;;;;;;/h1-11,20H,(H,25,26);2*3-9,16H,1-2H3,(H,17,18);2*2-7,17H,1H3,(H,18,19);1-5,14-15H,6H2,(H,16,17)(H,18,19);5*1H4;/q;;;;;;;;;;;+1/p-2. The van der Waals surface area contributed by atoms with Gasteiger partial charge in [0.15, 0.2) is 0 Å². The molecular weight excluding hydrogens is 1830 g/mol. The summed E-state index contributed by atoms with van der Waals surface area (Å²) < 4.78 is 77.6. The molecule has 0 radical (unpaired) electrons. The number of aromatic nitrogens is 1. The number of aryl methyl sites for hydroxylation is 4. The summed E-state index contributed by atoms with van der Waals surface area (Å²) >= 11 is 27.8. The van der Waals surface area contributed by atoms with Gasteiger partial charge in [-0.1, -0.05) is 210 Å². The number of alkyl halides is 3. The number of carboxylic acids is 5. The number of pyridine rings is 1. The van der Waals surface area contributed by atoms with E-state index in [1.165, 1.54) is 66.1 Å². The minimum Gasteiger partial charge on any atom is -0.755 e. The molecule has 1 aliphatic heterocycles. The van der Waals surface area contributed by atoms with Crippen molar-refractivity contribution < 1.29 is 124 Å². The molecule has 1 aliphatic rings. The van der Waals surface area contributed by atoms with Crippen LogP contribution in [0.25, 0.3) is 0 Å². The van der Waals surface area contributed by atoms with Crippen molar-refractivity contribution in [2.45, 2.75) is 97.7 Å². The molecule has 0 aliphatic carbocycles. The number of furan rings is 1. The number of carbonyl (C=O) groups excluding carboxylic acids is 3. The van der Waals surface area contributed by atoms with Crippen LogP contribution in [0.15, 0.2) is 260 Å². The molecule has 14 rings (SSSR count). The molecule has 131 heavy (non-hydrogen) atoms. The van der Waals surface area contributed by atoms with Gasteiger partial charge in [-0.2, -0.15) is 13.2 Å². The van der Waals surface area contributed by atoms with Crippen LogP contribution in [0.1, 0.15) is 166 Å². The summed E-state index contributed by atoms with van der Waals surface area (Å²) in [5.74, 6) is -6.19. The molecule has 35 heteroatoms. The number of anilines is 12. The Morgan fingerprint density at radius 2 is 0.901 bits per heavy atom. The van der Waals surface area contributed by atoms with Crippen molar-refractivity contribution in [3.05, 3.63) is 369 Å². The number of hydrogen-bond acceptors (Lipinski definition) is 20. The Kier molecular flexibility index (Phi) is 45.1. The van der Waals surface area contributed by atoms with Gasteiger partial charge in [-0.05, 0) is 202 Å². The first-order chi connectivity index (χ1) is 59.5. The van der Waals surface area contributed by atoms with Gasteiger partial charge in [0.25, 0.3) is 6.29 Å². The number of cyclic esters (lactones) is 1. The molecule has 0 saturated heterocycles. The van der Waals surface area contributed by atoms with Crippen molar-refractivity contribution in [1.82, 2.24) is 4.98 Å². The van der Waals surface area contributed by atoms with Crippen LogP contribution in [-0.4, -0.2) is 76.0 Å². The van der Waals surface area contributed by atoms with Crippen molar-refractivity contribution in [3.63, 3.8) is 0 Å². The van der Waals surface area contributed by atoms with Gasteiger partial charge in [-0.15, -0.1) is 0 Å². The number of ether oxygens (including phenoxy) is 2. The Balaban J connectivity index is 0.000000406. The molecule has 11 N–H and O–H groups in total. The number of nitrogens with one attached hydrogen (secondary N) is 7. The molecule has 684 valence electrons. The van der Waals surface area contributed by atoms with Gasteiger partial charge >= 0.3 is 71.5 Å². The third-order valence-electron chi connectivity index (χ3n) is 18.4. The molecule has 11 aromatic carbocycles. The normalized spacial score (nSPS) is 11.2. The van der Waals surface area contributed by atoms with Crippen molar-refractivity contribution in [2.24, 2.45) is 0 Å². The molecule has 0 bridgehead atoms. The number of aromatic carboxylic acids is 5. The fourth-order valence-electron chi connectivity index (χ4n) is 11.6. The minimum absolute atomic E-state index is 0. The van der Waals surface area contributed by atoms with Crippen LogP contribution in [-0.2, 0) is 33.5 Å². The van der Waals surface area contributed by atoms with E-state index in [-0.39, 0.29) is 135 Å². The number of halogens is 8. The smallest absolute Gasteiger partial charge is 0.755 e. The molecule has 0 fully saturated rings. The van der Waals surface area contributed by atoms with Crippen molar-refractivity contribution in [3.8, 4) is 0 Å². The summed E-state index contributed by atoms with van der Waals surface area (Å²) in [5, 5.41) is 67.3. The summed E-state index contributed by atoms with van der Waals surface area (Å²) in [4.78, 5) is 84.3. The van der Waals surface area contributed by atoms with Crippen LogP contribution in [0.2, 0.25) is 25.1 Å². The summed E-state index contributed by atoms with van der Waals surface area (Å²) in [6.45, 7) is 12.1. The Labute approximate surface area is 806 Å². The van der Waals surface area contributed by atoms with E-state index in [4.69, 9.17) is 87.2 Å². The first kappa shape index (κ1) is 112. The summed E-state index contributed by atoms with van der Waals surface area (Å²) in [6, 6.07) is 65.4. The fourth-order valence-corrected chi connectivity index (χ4v) is 13.1. The molecule has 2 aromatic heterocycles. The van der Waals surface area contributed by atoms with E-state index >= 15 is 0 Å². The largest absolute Gasteiger partial charge is 1.00 e. The van der Waals surface area contributed by atoms with Crippen LogP contribution in [0.4, 0.5) is 81.6 Å². The van der Waals surface area contributed by atoms with Gasteiger partial charge in [0.05, 0.1) is 117 Å². The molecule has 2 atom stereocenters. The fraction of sp³-hybridized carbons (Fsp3) is 0.146. The zero-order chi connectivity index (χ0) is 90.9. The number of esters is 2. The maximum absolute atomic E-state index is 12.9. The third-order valence-corrected chi connectivity index (χ3v) is 20.7. The predicted octanol–water partition coefficient (Wildman–Crippen LogP) is 23.1. The van der Waals surface area contributed by atoms with Gasteiger partial charge in [0.1, 0.15) is 17.1 Å². The SMILES string of the molecule is C.C.C.C.C.Cc1ccc(Cl)c(Nc2ccccc2C(=O)O)c1Cl.Cc1ccc(Cl)c(Nc2ccccc2C(=O)[O-])c1Cl.Cc1cccc(Nc2ccccc2C(=O)O)c1C.Cc1cccc(Nc2ccccc2C(=O)O)c1C.O=C(O)c1cc(NS(=O)[O-])c(Cl)cc1NCc1ccco1.O=C1OC(OC(=O)c2cccnc2Nc2cccc(C(F)(F)F)c2)c2ccccc21.[Na+].